The summed E-state index contributed by atoms with van der Waals surface area (Å²) in [5, 5.41) is 7.19. The van der Waals surface area contributed by atoms with Crippen molar-refractivity contribution < 1.29 is 0 Å². The molecule has 0 aliphatic rings. The van der Waals surface area contributed by atoms with E-state index in [-0.39, 0.29) is 0 Å². The highest BCUT2D eigenvalue weighted by molar-refractivity contribution is 6.21. The highest BCUT2D eigenvalue weighted by Gasteiger charge is 2.25. The minimum atomic E-state index is 0.814. The highest BCUT2D eigenvalue weighted by atomic mass is 15.1. The van der Waals surface area contributed by atoms with Crippen molar-refractivity contribution in [3.05, 3.63) is 193 Å². The van der Waals surface area contributed by atoms with Crippen LogP contribution in [0, 0.1) is 13.8 Å². The zero-order chi connectivity index (χ0) is 39.2. The molecule has 7 aromatic carbocycles. The van der Waals surface area contributed by atoms with Gasteiger partial charge < -0.3 is 4.57 Å². The number of hydrogen-bond acceptors (Lipinski definition) is 1. The predicted octanol–water partition coefficient (Wildman–Crippen LogP) is 14.5. The van der Waals surface area contributed by atoms with Crippen LogP contribution < -0.4 is 0 Å². The summed E-state index contributed by atoms with van der Waals surface area (Å²) in [4.78, 5) is 5.69. The second-order valence-corrected chi connectivity index (χ2v) is 15.0. The molecule has 2 heterocycles. The lowest BCUT2D eigenvalue weighted by Gasteiger charge is -2.18. The number of nitrogens with zero attached hydrogens (tertiary/aromatic N) is 3. The average molecular weight is 738 g/mol. The third-order valence-corrected chi connectivity index (χ3v) is 11.8. The largest absolute Gasteiger partial charge is 0.318 e. The summed E-state index contributed by atoms with van der Waals surface area (Å²) in [6.45, 7) is 15.9. The molecular weight excluding hydrogens is 691 g/mol. The molecule has 0 spiro atoms. The van der Waals surface area contributed by atoms with Gasteiger partial charge in [0.2, 0.25) is 0 Å². The maximum Gasteiger partial charge on any atom is 0.145 e. The molecule has 0 amide bonds. The third-order valence-electron chi connectivity index (χ3n) is 11.8. The SMILES string of the molecule is C=C(/C=C\C(=C/C)n1c(CC)c(C)c(C)c1CC)c1nc2c(-c3ccc4ccccc4c3)c3ccccc3c(-c3ccc4ccccc4c3)c2n1-c1ccccc1. The van der Waals surface area contributed by atoms with Crippen LogP contribution in [0.1, 0.15) is 49.1 Å². The van der Waals surface area contributed by atoms with Crippen molar-refractivity contribution in [2.75, 3.05) is 0 Å². The van der Waals surface area contributed by atoms with Gasteiger partial charge in [-0.25, -0.2) is 4.98 Å². The van der Waals surface area contributed by atoms with Gasteiger partial charge in [-0.05, 0) is 125 Å². The minimum absolute atomic E-state index is 0.814. The molecule has 0 unspecified atom stereocenters. The molecule has 2 aromatic heterocycles. The number of hydrogen-bond donors (Lipinski definition) is 0. The standard InChI is InChI=1S/C54H47N3/c1-7-44(56-48(8-2)36(5)37(6)49(56)9-3)32-27-35(4)54-55-52-50(42-30-28-38-19-13-15-21-40(38)33-42)46-25-17-18-26-47(46)51(53(52)57(54)45-23-11-10-12-24-45)43-31-29-39-20-14-16-22-41(39)34-43/h7,10-34H,4,8-9H2,1-3,5-6H3/b32-27-,44-7+. The van der Waals surface area contributed by atoms with Gasteiger partial charge in [0, 0.05) is 39.5 Å². The van der Waals surface area contributed by atoms with Gasteiger partial charge in [0.05, 0.1) is 11.0 Å². The highest BCUT2D eigenvalue weighted by Crippen LogP contribution is 2.46. The first-order chi connectivity index (χ1) is 27.9. The van der Waals surface area contributed by atoms with E-state index in [0.717, 1.165) is 68.9 Å². The van der Waals surface area contributed by atoms with Gasteiger partial charge in [0.1, 0.15) is 5.82 Å². The predicted molar refractivity (Wildman–Crippen MR) is 245 cm³/mol. The van der Waals surface area contributed by atoms with Crippen LogP contribution in [0.4, 0.5) is 0 Å². The van der Waals surface area contributed by atoms with Crippen molar-refractivity contribution in [2.45, 2.75) is 47.5 Å². The van der Waals surface area contributed by atoms with Crippen molar-refractivity contribution >= 4 is 54.6 Å². The first-order valence-electron chi connectivity index (χ1n) is 20.2. The molecule has 3 heteroatoms. The molecule has 0 N–H and O–H groups in total. The number of imidazole rings is 1. The van der Waals surface area contributed by atoms with Crippen LogP contribution in [0.25, 0.3) is 82.6 Å². The lowest BCUT2D eigenvalue weighted by atomic mass is 9.89. The lowest BCUT2D eigenvalue weighted by Crippen LogP contribution is -2.05. The number of para-hydroxylation sites is 1. The van der Waals surface area contributed by atoms with Gasteiger partial charge in [-0.15, -0.1) is 0 Å². The Morgan fingerprint density at radius 2 is 1.11 bits per heavy atom. The molecule has 0 saturated carbocycles. The monoisotopic (exact) mass is 737 g/mol. The fourth-order valence-electron chi connectivity index (χ4n) is 8.97. The van der Waals surface area contributed by atoms with Crippen molar-refractivity contribution in [3.8, 4) is 27.9 Å². The maximum absolute atomic E-state index is 5.69. The Balaban J connectivity index is 1.37. The second kappa shape index (κ2) is 14.7. The van der Waals surface area contributed by atoms with Gasteiger partial charge in [-0.3, -0.25) is 4.57 Å². The van der Waals surface area contributed by atoms with E-state index in [0.29, 0.717) is 0 Å². The summed E-state index contributed by atoms with van der Waals surface area (Å²) in [7, 11) is 0. The Hall–Kier alpha value is -6.71. The van der Waals surface area contributed by atoms with Crippen LogP contribution in [0.15, 0.2) is 164 Å². The molecular formula is C54H47N3. The summed E-state index contributed by atoms with van der Waals surface area (Å²) in [6, 6.07) is 50.4. The molecule has 278 valence electrons. The quantitative estimate of drug-likeness (QED) is 0.135. The Morgan fingerprint density at radius 1 is 0.596 bits per heavy atom. The Bertz CT molecular complexity index is 3050. The zero-order valence-corrected chi connectivity index (χ0v) is 33.5. The number of benzene rings is 7. The van der Waals surface area contributed by atoms with E-state index in [2.05, 4.69) is 202 Å². The van der Waals surface area contributed by atoms with E-state index < -0.39 is 0 Å². The van der Waals surface area contributed by atoms with Crippen molar-refractivity contribution in [2.24, 2.45) is 0 Å². The first kappa shape index (κ1) is 36.0. The van der Waals surface area contributed by atoms with Crippen LogP contribution >= 0.6 is 0 Å². The third kappa shape index (κ3) is 6.02. The van der Waals surface area contributed by atoms with Crippen LogP contribution in [0.3, 0.4) is 0 Å². The molecule has 0 aliphatic heterocycles. The zero-order valence-electron chi connectivity index (χ0n) is 33.5. The summed E-state index contributed by atoms with van der Waals surface area (Å²) in [5.74, 6) is 0.814. The number of fused-ring (bicyclic) bond motifs is 4. The van der Waals surface area contributed by atoms with Gasteiger partial charge in [0.15, 0.2) is 0 Å². The van der Waals surface area contributed by atoms with E-state index in [1.165, 1.54) is 54.8 Å². The fourth-order valence-corrected chi connectivity index (χ4v) is 8.97. The van der Waals surface area contributed by atoms with Gasteiger partial charge in [-0.2, -0.15) is 0 Å². The van der Waals surface area contributed by atoms with E-state index in [1.54, 1.807) is 0 Å². The maximum atomic E-state index is 5.69. The summed E-state index contributed by atoms with van der Waals surface area (Å²) >= 11 is 0. The lowest BCUT2D eigenvalue weighted by molar-refractivity contribution is 0.880. The van der Waals surface area contributed by atoms with Crippen molar-refractivity contribution in [1.82, 2.24) is 14.1 Å². The number of aromatic nitrogens is 3. The van der Waals surface area contributed by atoms with Crippen LogP contribution in [0.2, 0.25) is 0 Å². The summed E-state index contributed by atoms with van der Waals surface area (Å²) in [6.07, 6.45) is 8.52. The Morgan fingerprint density at radius 3 is 1.67 bits per heavy atom. The Labute approximate surface area is 335 Å². The molecule has 0 radical (unpaired) electrons. The van der Waals surface area contributed by atoms with Gasteiger partial charge in [0.25, 0.3) is 0 Å². The van der Waals surface area contributed by atoms with Gasteiger partial charge >= 0.3 is 0 Å². The first-order valence-corrected chi connectivity index (χ1v) is 20.2. The summed E-state index contributed by atoms with van der Waals surface area (Å²) in [5.41, 5.74) is 15.1. The average Bonchev–Trinajstić information content (AvgIpc) is 3.76. The van der Waals surface area contributed by atoms with Crippen LogP contribution in [-0.2, 0) is 12.8 Å². The molecule has 9 aromatic rings. The number of rotatable bonds is 9. The van der Waals surface area contributed by atoms with Crippen LogP contribution in [-0.4, -0.2) is 14.1 Å². The molecule has 57 heavy (non-hydrogen) atoms. The molecule has 9 rings (SSSR count). The fraction of sp³-hybridized carbons (Fsp3) is 0.130. The molecule has 0 fully saturated rings. The minimum Gasteiger partial charge on any atom is -0.318 e. The van der Waals surface area contributed by atoms with Gasteiger partial charge in [-0.1, -0.05) is 142 Å². The molecule has 0 atom stereocenters. The molecule has 0 aliphatic carbocycles. The smallest absolute Gasteiger partial charge is 0.145 e. The normalized spacial score (nSPS) is 12.2. The topological polar surface area (TPSA) is 22.8 Å². The van der Waals surface area contributed by atoms with E-state index in [1.807, 2.05) is 0 Å². The van der Waals surface area contributed by atoms with E-state index >= 15 is 0 Å². The van der Waals surface area contributed by atoms with Crippen molar-refractivity contribution in [3.63, 3.8) is 0 Å². The summed E-state index contributed by atoms with van der Waals surface area (Å²) < 4.78 is 4.80. The molecule has 0 saturated heterocycles. The second-order valence-electron chi connectivity index (χ2n) is 15.0. The van der Waals surface area contributed by atoms with E-state index in [4.69, 9.17) is 11.6 Å². The number of allylic oxidation sites excluding steroid dienone is 5. The molecule has 0 bridgehead atoms. The Kier molecular flexibility index (Phi) is 9.30. The van der Waals surface area contributed by atoms with Crippen LogP contribution in [0.5, 0.6) is 0 Å². The molecule has 3 nitrogen and oxygen atoms in total. The van der Waals surface area contributed by atoms with Crippen molar-refractivity contribution in [1.29, 1.82) is 0 Å². The van der Waals surface area contributed by atoms with E-state index in [9.17, 15) is 0 Å².